The molecule has 0 bridgehead atoms. The Balaban J connectivity index is 2.44. The number of nitrogens with one attached hydrogen (secondary N) is 1. The molecule has 140 valence electrons. The molecule has 0 radical (unpaired) electrons. The summed E-state index contributed by atoms with van der Waals surface area (Å²) in [6.07, 6.45) is 0. The fourth-order valence-corrected chi connectivity index (χ4v) is 2.75. The molecule has 0 aromatic heterocycles. The van der Waals surface area contributed by atoms with E-state index in [0.29, 0.717) is 17.1 Å². The van der Waals surface area contributed by atoms with E-state index in [1.807, 2.05) is 37.3 Å². The molecule has 6 nitrogen and oxygen atoms in total. The van der Waals surface area contributed by atoms with Crippen LogP contribution in [-0.2, 0) is 9.53 Å². The maximum absolute atomic E-state index is 12.6. The Labute approximate surface area is 153 Å². The second-order valence-corrected chi connectivity index (χ2v) is 5.75. The van der Waals surface area contributed by atoms with Gasteiger partial charge in [0.15, 0.2) is 0 Å². The molecule has 0 unspecified atom stereocenters. The maximum Gasteiger partial charge on any atom is 0.328 e. The lowest BCUT2D eigenvalue weighted by Gasteiger charge is -2.25. The van der Waals surface area contributed by atoms with Gasteiger partial charge in [-0.1, -0.05) is 30.3 Å². The number of methoxy groups -OCH3 is 2. The summed E-state index contributed by atoms with van der Waals surface area (Å²) < 4.78 is 15.7. The number of hydrogen-bond acceptors (Lipinski definition) is 6. The Kier molecular flexibility index (Phi) is 6.86. The largest absolute Gasteiger partial charge is 0.507 e. The smallest absolute Gasteiger partial charge is 0.328 e. The van der Waals surface area contributed by atoms with Crippen LogP contribution in [0, 0.1) is 0 Å². The van der Waals surface area contributed by atoms with Gasteiger partial charge in [0.25, 0.3) is 0 Å². The Morgan fingerprint density at radius 3 is 2.42 bits per heavy atom. The first kappa shape index (κ1) is 19.6. The molecule has 0 spiro atoms. The van der Waals surface area contributed by atoms with Gasteiger partial charge in [-0.05, 0) is 19.4 Å². The first-order valence-electron chi connectivity index (χ1n) is 8.44. The number of esters is 1. The summed E-state index contributed by atoms with van der Waals surface area (Å²) in [6, 6.07) is 11.7. The summed E-state index contributed by atoms with van der Waals surface area (Å²) >= 11 is 0. The number of phenols is 1. The summed E-state index contributed by atoms with van der Waals surface area (Å²) in [5.74, 6) is 0.176. The number of carbonyl (C=O) groups excluding carboxylic acids is 1. The molecule has 0 fully saturated rings. The first-order valence-corrected chi connectivity index (χ1v) is 8.44. The molecule has 0 saturated carbocycles. The van der Waals surface area contributed by atoms with Crippen LogP contribution in [0.25, 0.3) is 0 Å². The van der Waals surface area contributed by atoms with E-state index in [9.17, 15) is 9.90 Å². The maximum atomic E-state index is 12.6. The average molecular weight is 359 g/mol. The highest BCUT2D eigenvalue weighted by Gasteiger charge is 2.30. The standard InChI is InChI=1S/C20H25NO5/c1-5-26-20(23)19(21-13(2)14-9-7-6-8-10-14)18-16(22)11-15(24-3)12-17(18)25-4/h6-13,19,21-22H,5H2,1-4H3/t13-,19+/m1/s1. The molecular weight excluding hydrogens is 334 g/mol. The number of benzene rings is 2. The van der Waals surface area contributed by atoms with Crippen LogP contribution in [0.15, 0.2) is 42.5 Å². The molecule has 2 aromatic carbocycles. The van der Waals surface area contributed by atoms with E-state index in [1.165, 1.54) is 20.3 Å². The lowest BCUT2D eigenvalue weighted by molar-refractivity contribution is -0.146. The summed E-state index contributed by atoms with van der Waals surface area (Å²) in [5, 5.41) is 13.7. The van der Waals surface area contributed by atoms with Crippen molar-refractivity contribution in [2.24, 2.45) is 0 Å². The molecule has 2 N–H and O–H groups in total. The topological polar surface area (TPSA) is 77.0 Å². The summed E-state index contributed by atoms with van der Waals surface area (Å²) in [7, 11) is 2.97. The van der Waals surface area contributed by atoms with Crippen LogP contribution in [0.1, 0.15) is 37.1 Å². The number of hydrogen-bond donors (Lipinski definition) is 2. The van der Waals surface area contributed by atoms with E-state index < -0.39 is 12.0 Å². The third-order valence-corrected chi connectivity index (χ3v) is 4.08. The highest BCUT2D eigenvalue weighted by Crippen LogP contribution is 2.39. The second kappa shape index (κ2) is 9.10. The molecule has 0 heterocycles. The highest BCUT2D eigenvalue weighted by atomic mass is 16.5. The molecule has 0 aliphatic carbocycles. The number of rotatable bonds is 8. The van der Waals surface area contributed by atoms with Gasteiger partial charge < -0.3 is 19.3 Å². The highest BCUT2D eigenvalue weighted by molar-refractivity contribution is 5.80. The summed E-state index contributed by atoms with van der Waals surface area (Å²) in [5.41, 5.74) is 1.32. The molecule has 0 saturated heterocycles. The first-order chi connectivity index (χ1) is 12.5. The minimum atomic E-state index is -0.897. The van der Waals surface area contributed by atoms with Crippen molar-refractivity contribution in [2.75, 3.05) is 20.8 Å². The van der Waals surface area contributed by atoms with Gasteiger partial charge in [0.1, 0.15) is 23.3 Å². The van der Waals surface area contributed by atoms with Crippen molar-refractivity contribution in [1.82, 2.24) is 5.32 Å². The number of phenolic OH excluding ortho intramolecular Hbond substituents is 1. The van der Waals surface area contributed by atoms with Crippen LogP contribution in [0.5, 0.6) is 17.2 Å². The molecule has 2 rings (SSSR count). The van der Waals surface area contributed by atoms with Gasteiger partial charge in [-0.15, -0.1) is 0 Å². The van der Waals surface area contributed by atoms with Crippen LogP contribution < -0.4 is 14.8 Å². The van der Waals surface area contributed by atoms with E-state index in [-0.39, 0.29) is 18.4 Å². The minimum Gasteiger partial charge on any atom is -0.507 e. The third kappa shape index (κ3) is 4.46. The monoisotopic (exact) mass is 359 g/mol. The van der Waals surface area contributed by atoms with Crippen molar-refractivity contribution in [3.8, 4) is 17.2 Å². The Morgan fingerprint density at radius 1 is 1.15 bits per heavy atom. The Bertz CT molecular complexity index is 732. The van der Waals surface area contributed by atoms with Crippen molar-refractivity contribution in [3.63, 3.8) is 0 Å². The predicted molar refractivity (Wildman–Crippen MR) is 98.6 cm³/mol. The van der Waals surface area contributed by atoms with E-state index in [2.05, 4.69) is 5.32 Å². The van der Waals surface area contributed by atoms with E-state index in [4.69, 9.17) is 14.2 Å². The van der Waals surface area contributed by atoms with Crippen molar-refractivity contribution in [1.29, 1.82) is 0 Å². The predicted octanol–water partition coefficient (Wildman–Crippen LogP) is 3.36. The van der Waals surface area contributed by atoms with E-state index in [1.54, 1.807) is 13.0 Å². The van der Waals surface area contributed by atoms with Crippen LogP contribution >= 0.6 is 0 Å². The molecule has 6 heteroatoms. The zero-order valence-electron chi connectivity index (χ0n) is 15.5. The summed E-state index contributed by atoms with van der Waals surface area (Å²) in [4.78, 5) is 12.6. The molecule has 2 atom stereocenters. The summed E-state index contributed by atoms with van der Waals surface area (Å²) in [6.45, 7) is 3.91. The van der Waals surface area contributed by atoms with Crippen molar-refractivity contribution >= 4 is 5.97 Å². The number of carbonyl (C=O) groups is 1. The van der Waals surface area contributed by atoms with Gasteiger partial charge in [0.2, 0.25) is 0 Å². The molecular formula is C20H25NO5. The van der Waals surface area contributed by atoms with Crippen molar-refractivity contribution in [3.05, 3.63) is 53.6 Å². The van der Waals surface area contributed by atoms with E-state index >= 15 is 0 Å². The van der Waals surface area contributed by atoms with Gasteiger partial charge >= 0.3 is 5.97 Å². The number of aromatic hydroxyl groups is 1. The minimum absolute atomic E-state index is 0.105. The fraction of sp³-hybridized carbons (Fsp3) is 0.350. The van der Waals surface area contributed by atoms with Crippen LogP contribution in [0.4, 0.5) is 0 Å². The molecule has 0 aliphatic heterocycles. The van der Waals surface area contributed by atoms with Crippen LogP contribution in [-0.4, -0.2) is 31.9 Å². The lowest BCUT2D eigenvalue weighted by atomic mass is 10.0. The average Bonchev–Trinajstić information content (AvgIpc) is 2.66. The molecule has 2 aromatic rings. The van der Waals surface area contributed by atoms with Gasteiger partial charge in [-0.3, -0.25) is 5.32 Å². The zero-order chi connectivity index (χ0) is 19.1. The van der Waals surface area contributed by atoms with E-state index in [0.717, 1.165) is 5.56 Å². The second-order valence-electron chi connectivity index (χ2n) is 5.75. The SMILES string of the molecule is CCOC(=O)[C@@H](N[C@H](C)c1ccccc1)c1c(O)cc(OC)cc1OC. The quantitative estimate of drug-likeness (QED) is 0.704. The molecule has 0 amide bonds. The van der Waals surface area contributed by atoms with Crippen molar-refractivity contribution < 1.29 is 24.1 Å². The Morgan fingerprint density at radius 2 is 1.85 bits per heavy atom. The fourth-order valence-electron chi connectivity index (χ4n) is 2.75. The van der Waals surface area contributed by atoms with Crippen molar-refractivity contribution in [2.45, 2.75) is 25.9 Å². The van der Waals surface area contributed by atoms with Crippen LogP contribution in [0.3, 0.4) is 0 Å². The van der Waals surface area contributed by atoms with Gasteiger partial charge in [0.05, 0.1) is 26.4 Å². The lowest BCUT2D eigenvalue weighted by Crippen LogP contribution is -2.32. The Hall–Kier alpha value is -2.73. The normalized spacial score (nSPS) is 12.9. The van der Waals surface area contributed by atoms with Crippen LogP contribution in [0.2, 0.25) is 0 Å². The van der Waals surface area contributed by atoms with Gasteiger partial charge in [-0.25, -0.2) is 4.79 Å². The third-order valence-electron chi connectivity index (χ3n) is 4.08. The van der Waals surface area contributed by atoms with Gasteiger partial charge in [-0.2, -0.15) is 0 Å². The van der Waals surface area contributed by atoms with Gasteiger partial charge in [0, 0.05) is 18.2 Å². The molecule has 0 aliphatic rings. The number of ether oxygens (including phenoxy) is 3. The zero-order valence-corrected chi connectivity index (χ0v) is 15.5. The molecule has 26 heavy (non-hydrogen) atoms.